The van der Waals surface area contributed by atoms with E-state index in [0.29, 0.717) is 12.1 Å². The first-order valence-electron chi connectivity index (χ1n) is 9.00. The molecular weight excluding hydrogens is 341 g/mol. The molecule has 1 N–H and O–H groups in total. The minimum absolute atomic E-state index is 0.0215. The van der Waals surface area contributed by atoms with Crippen molar-refractivity contribution in [3.63, 3.8) is 0 Å². The first kappa shape index (κ1) is 17.2. The van der Waals surface area contributed by atoms with E-state index in [9.17, 15) is 9.18 Å². The molecule has 1 aliphatic rings. The second-order valence-corrected chi connectivity index (χ2v) is 6.59. The van der Waals surface area contributed by atoms with Crippen LogP contribution in [0.2, 0.25) is 0 Å². The molecule has 0 aliphatic carbocycles. The summed E-state index contributed by atoms with van der Waals surface area (Å²) in [5, 5.41) is 2.99. The lowest BCUT2D eigenvalue weighted by atomic mass is 10.1. The van der Waals surface area contributed by atoms with E-state index in [1.807, 2.05) is 24.4 Å². The Morgan fingerprint density at radius 2 is 1.93 bits per heavy atom. The topological polar surface area (TPSA) is 45.2 Å². The van der Waals surface area contributed by atoms with Crippen molar-refractivity contribution in [1.82, 2.24) is 10.3 Å². The molecular formula is C22H20FN3O. The number of nitrogens with one attached hydrogen (secondary N) is 1. The number of amides is 1. The molecule has 3 aromatic rings. The Bertz CT molecular complexity index is 928. The standard InChI is InChI=1S/C22H20FN3O/c23-19-9-7-17(8-10-19)22(27)25-15-21(18-5-3-12-24-14-18)26-13-11-16-4-1-2-6-20(16)26/h1-10,12,14,21H,11,13,15H2,(H,25,27)/t21-/m1/s1. The molecule has 0 saturated heterocycles. The summed E-state index contributed by atoms with van der Waals surface area (Å²) >= 11 is 0. The molecule has 4 nitrogen and oxygen atoms in total. The number of carbonyl (C=O) groups excluding carboxylic acids is 1. The van der Waals surface area contributed by atoms with Gasteiger partial charge in [0.15, 0.2) is 0 Å². The predicted octanol–water partition coefficient (Wildman–Crippen LogP) is 3.75. The fraction of sp³-hybridized carbons (Fsp3) is 0.182. The molecule has 0 radical (unpaired) electrons. The molecule has 1 aromatic heterocycles. The van der Waals surface area contributed by atoms with Gasteiger partial charge in [0.2, 0.25) is 0 Å². The highest BCUT2D eigenvalue weighted by atomic mass is 19.1. The predicted molar refractivity (Wildman–Crippen MR) is 103 cm³/mol. The second kappa shape index (κ2) is 7.58. The Morgan fingerprint density at radius 1 is 1.11 bits per heavy atom. The molecule has 0 unspecified atom stereocenters. The largest absolute Gasteiger partial charge is 0.362 e. The Morgan fingerprint density at radius 3 is 2.70 bits per heavy atom. The highest BCUT2D eigenvalue weighted by Gasteiger charge is 2.27. The van der Waals surface area contributed by atoms with Gasteiger partial charge in [-0.15, -0.1) is 0 Å². The average Bonchev–Trinajstić information content (AvgIpc) is 3.13. The number of hydrogen-bond donors (Lipinski definition) is 1. The molecule has 1 aliphatic heterocycles. The van der Waals surface area contributed by atoms with E-state index >= 15 is 0 Å². The van der Waals surface area contributed by atoms with Gasteiger partial charge in [-0.05, 0) is 53.9 Å². The molecule has 136 valence electrons. The first-order valence-corrected chi connectivity index (χ1v) is 9.00. The minimum Gasteiger partial charge on any atom is -0.362 e. The van der Waals surface area contributed by atoms with Crippen LogP contribution in [0.1, 0.15) is 27.5 Å². The molecule has 4 rings (SSSR count). The average molecular weight is 361 g/mol. The van der Waals surface area contributed by atoms with Gasteiger partial charge in [0.1, 0.15) is 5.82 Å². The van der Waals surface area contributed by atoms with Gasteiger partial charge in [-0.1, -0.05) is 24.3 Å². The number of fused-ring (bicyclic) bond motifs is 1. The van der Waals surface area contributed by atoms with E-state index in [0.717, 1.165) is 18.5 Å². The molecule has 0 bridgehead atoms. The van der Waals surface area contributed by atoms with Gasteiger partial charge in [-0.2, -0.15) is 0 Å². The van der Waals surface area contributed by atoms with Crippen molar-refractivity contribution in [2.75, 3.05) is 18.0 Å². The Balaban J connectivity index is 1.56. The second-order valence-electron chi connectivity index (χ2n) is 6.59. The maximum Gasteiger partial charge on any atom is 0.251 e. The molecule has 0 spiro atoms. The minimum atomic E-state index is -0.353. The molecule has 2 heterocycles. The number of benzene rings is 2. The van der Waals surface area contributed by atoms with Crippen molar-refractivity contribution in [3.8, 4) is 0 Å². The zero-order valence-electron chi connectivity index (χ0n) is 14.8. The fourth-order valence-electron chi connectivity index (χ4n) is 3.56. The lowest BCUT2D eigenvalue weighted by Crippen LogP contribution is -2.37. The van der Waals surface area contributed by atoms with Crippen molar-refractivity contribution in [3.05, 3.63) is 95.6 Å². The van der Waals surface area contributed by atoms with Crippen LogP contribution in [0.4, 0.5) is 10.1 Å². The van der Waals surface area contributed by atoms with Crippen LogP contribution in [0.25, 0.3) is 0 Å². The summed E-state index contributed by atoms with van der Waals surface area (Å²) in [5.41, 5.74) is 4.01. The lowest BCUT2D eigenvalue weighted by molar-refractivity contribution is 0.0951. The number of anilines is 1. The number of nitrogens with zero attached hydrogens (tertiary/aromatic N) is 2. The van der Waals surface area contributed by atoms with Gasteiger partial charge in [-0.25, -0.2) is 4.39 Å². The van der Waals surface area contributed by atoms with Crippen LogP contribution in [-0.4, -0.2) is 24.0 Å². The quantitative estimate of drug-likeness (QED) is 0.753. The normalized spacial score (nSPS) is 13.9. The number of para-hydroxylation sites is 1. The van der Waals surface area contributed by atoms with Gasteiger partial charge < -0.3 is 10.2 Å². The van der Waals surface area contributed by atoms with Crippen molar-refractivity contribution in [1.29, 1.82) is 0 Å². The summed E-state index contributed by atoms with van der Waals surface area (Å²) in [4.78, 5) is 19.0. The van der Waals surface area contributed by atoms with Crippen LogP contribution >= 0.6 is 0 Å². The molecule has 0 saturated carbocycles. The number of rotatable bonds is 5. The monoisotopic (exact) mass is 361 g/mol. The highest BCUT2D eigenvalue weighted by Crippen LogP contribution is 2.34. The maximum absolute atomic E-state index is 13.1. The lowest BCUT2D eigenvalue weighted by Gasteiger charge is -2.31. The van der Waals surface area contributed by atoms with Gasteiger partial charge in [0.05, 0.1) is 6.04 Å². The third kappa shape index (κ3) is 3.67. The molecule has 2 aromatic carbocycles. The number of aromatic nitrogens is 1. The van der Waals surface area contributed by atoms with E-state index in [1.165, 1.54) is 35.5 Å². The zero-order valence-corrected chi connectivity index (χ0v) is 14.8. The Labute approximate surface area is 157 Å². The van der Waals surface area contributed by atoms with E-state index in [2.05, 4.69) is 33.4 Å². The van der Waals surface area contributed by atoms with Gasteiger partial charge in [0.25, 0.3) is 5.91 Å². The van der Waals surface area contributed by atoms with E-state index in [4.69, 9.17) is 0 Å². The third-order valence-corrected chi connectivity index (χ3v) is 4.93. The smallest absolute Gasteiger partial charge is 0.251 e. The van der Waals surface area contributed by atoms with Crippen molar-refractivity contribution in [2.45, 2.75) is 12.5 Å². The van der Waals surface area contributed by atoms with Crippen LogP contribution in [0.5, 0.6) is 0 Å². The van der Waals surface area contributed by atoms with Crippen molar-refractivity contribution in [2.24, 2.45) is 0 Å². The zero-order chi connectivity index (χ0) is 18.6. The van der Waals surface area contributed by atoms with Crippen molar-refractivity contribution < 1.29 is 9.18 Å². The van der Waals surface area contributed by atoms with Crippen LogP contribution < -0.4 is 10.2 Å². The first-order chi connectivity index (χ1) is 13.2. The van der Waals surface area contributed by atoms with E-state index in [1.54, 1.807) is 6.20 Å². The van der Waals surface area contributed by atoms with E-state index in [-0.39, 0.29) is 17.8 Å². The van der Waals surface area contributed by atoms with Gasteiger partial charge >= 0.3 is 0 Å². The molecule has 0 fully saturated rings. The highest BCUT2D eigenvalue weighted by molar-refractivity contribution is 5.94. The Hall–Kier alpha value is -3.21. The fourth-order valence-corrected chi connectivity index (χ4v) is 3.56. The summed E-state index contributed by atoms with van der Waals surface area (Å²) < 4.78 is 13.1. The SMILES string of the molecule is O=C(NC[C@H](c1cccnc1)N1CCc2ccccc21)c1ccc(F)cc1. The molecule has 1 atom stereocenters. The summed E-state index contributed by atoms with van der Waals surface area (Å²) in [5.74, 6) is -0.565. The number of halogens is 1. The number of hydrogen-bond acceptors (Lipinski definition) is 3. The maximum atomic E-state index is 13.1. The van der Waals surface area contributed by atoms with Gasteiger partial charge in [-0.3, -0.25) is 9.78 Å². The van der Waals surface area contributed by atoms with Crippen LogP contribution in [0.15, 0.2) is 73.1 Å². The number of pyridine rings is 1. The summed E-state index contributed by atoms with van der Waals surface area (Å²) in [6.07, 6.45) is 4.57. The number of carbonyl (C=O) groups is 1. The molecule has 1 amide bonds. The summed E-state index contributed by atoms with van der Waals surface area (Å²) in [7, 11) is 0. The summed E-state index contributed by atoms with van der Waals surface area (Å²) in [6.45, 7) is 1.33. The molecule has 5 heteroatoms. The van der Waals surface area contributed by atoms with Crippen LogP contribution in [0, 0.1) is 5.82 Å². The third-order valence-electron chi connectivity index (χ3n) is 4.93. The van der Waals surface area contributed by atoms with Crippen molar-refractivity contribution >= 4 is 11.6 Å². The van der Waals surface area contributed by atoms with Gasteiger partial charge in [0, 0.05) is 36.7 Å². The Kier molecular flexibility index (Phi) is 4.83. The van der Waals surface area contributed by atoms with Crippen LogP contribution in [-0.2, 0) is 6.42 Å². The van der Waals surface area contributed by atoms with Crippen LogP contribution in [0.3, 0.4) is 0 Å². The molecule has 27 heavy (non-hydrogen) atoms. The van der Waals surface area contributed by atoms with E-state index < -0.39 is 0 Å². The summed E-state index contributed by atoms with van der Waals surface area (Å²) in [6, 6.07) is 17.9.